The van der Waals surface area contributed by atoms with Crippen molar-refractivity contribution in [3.05, 3.63) is 42.1 Å². The summed E-state index contributed by atoms with van der Waals surface area (Å²) >= 11 is 0. The second-order valence-corrected chi connectivity index (χ2v) is 7.83. The smallest absolute Gasteiger partial charge is 0.315 e. The lowest BCUT2D eigenvalue weighted by molar-refractivity contribution is 0.0199. The molecule has 2 atom stereocenters. The summed E-state index contributed by atoms with van der Waals surface area (Å²) in [5.41, 5.74) is 2.06. The normalized spacial score (nSPS) is 21.6. The fourth-order valence-electron chi connectivity index (χ4n) is 3.47. The highest BCUT2D eigenvalue weighted by atomic mass is 16.5. The van der Waals surface area contributed by atoms with Crippen LogP contribution in [0.2, 0.25) is 0 Å². The van der Waals surface area contributed by atoms with E-state index in [9.17, 15) is 4.79 Å². The summed E-state index contributed by atoms with van der Waals surface area (Å²) in [5, 5.41) is 10.2. The minimum Gasteiger partial charge on any atom is -0.356 e. The third kappa shape index (κ3) is 3.86. The first kappa shape index (κ1) is 17.5. The van der Waals surface area contributed by atoms with Crippen molar-refractivity contribution < 1.29 is 9.32 Å². The van der Waals surface area contributed by atoms with Gasteiger partial charge in [-0.25, -0.2) is 4.79 Å². The number of carbonyl (C=O) groups is 1. The van der Waals surface area contributed by atoms with Crippen LogP contribution in [0.1, 0.15) is 39.8 Å². The Morgan fingerprint density at radius 1 is 1.32 bits per heavy atom. The molecule has 2 N–H and O–H groups in total. The van der Waals surface area contributed by atoms with Gasteiger partial charge < -0.3 is 15.2 Å². The van der Waals surface area contributed by atoms with Crippen molar-refractivity contribution in [3.63, 3.8) is 0 Å². The third-order valence-electron chi connectivity index (χ3n) is 5.27. The number of hydrogen-bond donors (Lipinski definition) is 2. The van der Waals surface area contributed by atoms with E-state index in [4.69, 9.17) is 4.52 Å². The molecule has 1 aromatic carbocycles. The summed E-state index contributed by atoms with van der Waals surface area (Å²) < 4.78 is 5.49. The van der Waals surface area contributed by atoms with Gasteiger partial charge in [-0.05, 0) is 38.0 Å². The average molecular weight is 341 g/mol. The zero-order valence-corrected chi connectivity index (χ0v) is 15.4. The van der Waals surface area contributed by atoms with Crippen molar-refractivity contribution in [1.29, 1.82) is 0 Å². The largest absolute Gasteiger partial charge is 0.356 e. The molecule has 0 saturated heterocycles. The van der Waals surface area contributed by atoms with Gasteiger partial charge in [-0.1, -0.05) is 49.3 Å². The molecule has 134 valence electrons. The van der Waals surface area contributed by atoms with Gasteiger partial charge in [0.15, 0.2) is 5.76 Å². The van der Waals surface area contributed by atoms with Crippen molar-refractivity contribution in [2.45, 2.75) is 52.6 Å². The second-order valence-electron chi connectivity index (χ2n) is 7.83. The maximum absolute atomic E-state index is 11.9. The van der Waals surface area contributed by atoms with E-state index in [2.05, 4.69) is 29.6 Å². The molecule has 3 rings (SSSR count). The van der Waals surface area contributed by atoms with Crippen LogP contribution in [0.5, 0.6) is 0 Å². The van der Waals surface area contributed by atoms with Crippen molar-refractivity contribution >= 4 is 6.03 Å². The van der Waals surface area contributed by atoms with E-state index in [1.54, 1.807) is 0 Å². The minimum absolute atomic E-state index is 0.0418. The number of nitrogens with one attached hydrogen (secondary N) is 2. The van der Waals surface area contributed by atoms with E-state index in [0.717, 1.165) is 29.9 Å². The lowest BCUT2D eigenvalue weighted by Gasteiger charge is -2.52. The fraction of sp³-hybridized carbons (Fsp3) is 0.500. The van der Waals surface area contributed by atoms with Crippen LogP contribution in [0.4, 0.5) is 4.79 Å². The predicted molar refractivity (Wildman–Crippen MR) is 98.1 cm³/mol. The van der Waals surface area contributed by atoms with Crippen LogP contribution in [-0.4, -0.2) is 23.3 Å². The monoisotopic (exact) mass is 341 g/mol. The summed E-state index contributed by atoms with van der Waals surface area (Å²) in [6.45, 7) is 8.34. The zero-order valence-electron chi connectivity index (χ0n) is 15.4. The molecule has 1 aliphatic carbocycles. The topological polar surface area (TPSA) is 67.2 Å². The molecule has 1 aromatic heterocycles. The number of rotatable bonds is 5. The molecule has 0 radical (unpaired) electrons. The van der Waals surface area contributed by atoms with Gasteiger partial charge in [0.05, 0.1) is 5.69 Å². The minimum atomic E-state index is -0.0840. The SMILES string of the molecule is CC(C)NC(=O)NC1CC(Cc2cc(-c3ccccc3)on2)C1(C)C. The Balaban J connectivity index is 1.58. The number of nitrogens with zero attached hydrogens (tertiary/aromatic N) is 1. The summed E-state index contributed by atoms with van der Waals surface area (Å²) in [6.07, 6.45) is 1.83. The summed E-state index contributed by atoms with van der Waals surface area (Å²) in [4.78, 5) is 11.9. The van der Waals surface area contributed by atoms with Crippen LogP contribution in [0.15, 0.2) is 40.9 Å². The van der Waals surface area contributed by atoms with Crippen LogP contribution in [0.25, 0.3) is 11.3 Å². The molecule has 1 fully saturated rings. The molecule has 5 heteroatoms. The summed E-state index contributed by atoms with van der Waals surface area (Å²) in [5.74, 6) is 1.28. The molecule has 2 aromatic rings. The van der Waals surface area contributed by atoms with Crippen LogP contribution in [0.3, 0.4) is 0 Å². The molecule has 2 amide bonds. The highest BCUT2D eigenvalue weighted by Gasteiger charge is 2.48. The lowest BCUT2D eigenvalue weighted by Crippen LogP contribution is -2.60. The van der Waals surface area contributed by atoms with Gasteiger partial charge in [0, 0.05) is 23.7 Å². The molecular weight excluding hydrogens is 314 g/mol. The second kappa shape index (κ2) is 6.90. The van der Waals surface area contributed by atoms with Gasteiger partial charge in [0.2, 0.25) is 0 Å². The Hall–Kier alpha value is -2.30. The number of carbonyl (C=O) groups excluding carboxylic acids is 1. The van der Waals surface area contributed by atoms with E-state index in [-0.39, 0.29) is 23.5 Å². The van der Waals surface area contributed by atoms with Gasteiger partial charge >= 0.3 is 6.03 Å². The molecule has 2 unspecified atom stereocenters. The van der Waals surface area contributed by atoms with Crippen LogP contribution >= 0.6 is 0 Å². The van der Waals surface area contributed by atoms with E-state index < -0.39 is 0 Å². The average Bonchev–Trinajstić information content (AvgIpc) is 3.03. The molecule has 1 heterocycles. The molecule has 5 nitrogen and oxygen atoms in total. The number of urea groups is 1. The Labute approximate surface area is 149 Å². The van der Waals surface area contributed by atoms with Crippen LogP contribution in [-0.2, 0) is 6.42 Å². The molecule has 0 spiro atoms. The highest BCUT2D eigenvalue weighted by molar-refractivity contribution is 5.74. The van der Waals surface area contributed by atoms with E-state index in [1.165, 1.54) is 0 Å². The Morgan fingerprint density at radius 3 is 2.68 bits per heavy atom. The van der Waals surface area contributed by atoms with E-state index >= 15 is 0 Å². The lowest BCUT2D eigenvalue weighted by atomic mass is 9.57. The first-order valence-corrected chi connectivity index (χ1v) is 8.94. The number of amides is 2. The quantitative estimate of drug-likeness (QED) is 0.863. The number of benzene rings is 1. The van der Waals surface area contributed by atoms with Gasteiger partial charge in [0.1, 0.15) is 0 Å². The van der Waals surface area contributed by atoms with E-state index in [1.807, 2.05) is 50.2 Å². The predicted octanol–water partition coefficient (Wildman–Crippen LogP) is 4.01. The van der Waals surface area contributed by atoms with Gasteiger partial charge in [-0.15, -0.1) is 0 Å². The van der Waals surface area contributed by atoms with Gasteiger partial charge in [0.25, 0.3) is 0 Å². The summed E-state index contributed by atoms with van der Waals surface area (Å²) in [6, 6.07) is 12.3. The molecule has 0 bridgehead atoms. The number of hydrogen-bond acceptors (Lipinski definition) is 3. The third-order valence-corrected chi connectivity index (χ3v) is 5.27. The Bertz CT molecular complexity index is 722. The first-order chi connectivity index (χ1) is 11.9. The molecule has 1 saturated carbocycles. The zero-order chi connectivity index (χ0) is 18.0. The van der Waals surface area contributed by atoms with Crippen molar-refractivity contribution in [3.8, 4) is 11.3 Å². The molecule has 1 aliphatic rings. The maximum atomic E-state index is 11.9. The Morgan fingerprint density at radius 2 is 2.04 bits per heavy atom. The van der Waals surface area contributed by atoms with Crippen molar-refractivity contribution in [2.24, 2.45) is 11.3 Å². The number of aromatic nitrogens is 1. The maximum Gasteiger partial charge on any atom is 0.315 e. The van der Waals surface area contributed by atoms with Crippen molar-refractivity contribution in [2.75, 3.05) is 0 Å². The van der Waals surface area contributed by atoms with E-state index in [0.29, 0.717) is 5.92 Å². The highest BCUT2D eigenvalue weighted by Crippen LogP contribution is 2.47. The fourth-order valence-corrected chi connectivity index (χ4v) is 3.47. The molecule has 0 aliphatic heterocycles. The summed E-state index contributed by atoms with van der Waals surface area (Å²) in [7, 11) is 0. The van der Waals surface area contributed by atoms with Gasteiger partial charge in [-0.2, -0.15) is 0 Å². The van der Waals surface area contributed by atoms with Crippen molar-refractivity contribution in [1.82, 2.24) is 15.8 Å². The molecule has 25 heavy (non-hydrogen) atoms. The standard InChI is InChI=1S/C20H27N3O2/c1-13(2)21-19(24)22-18-11-15(20(18,3)4)10-16-12-17(25-23-16)14-8-6-5-7-9-14/h5-9,12-13,15,18H,10-11H2,1-4H3,(H2,21,22,24). The van der Waals surface area contributed by atoms with Crippen LogP contribution in [0, 0.1) is 11.3 Å². The molecular formula is C20H27N3O2. The van der Waals surface area contributed by atoms with Crippen LogP contribution < -0.4 is 10.6 Å². The van der Waals surface area contributed by atoms with Gasteiger partial charge in [-0.3, -0.25) is 0 Å². The Kier molecular flexibility index (Phi) is 4.84. The first-order valence-electron chi connectivity index (χ1n) is 8.94.